The van der Waals surface area contributed by atoms with Gasteiger partial charge in [-0.2, -0.15) is 0 Å². The number of carbonyl (C=O) groups excluding carboxylic acids is 2. The molecule has 1 aromatic heterocycles. The van der Waals surface area contributed by atoms with Gasteiger partial charge in [-0.1, -0.05) is 65.8 Å². The summed E-state index contributed by atoms with van der Waals surface area (Å²) >= 11 is 7.42. The summed E-state index contributed by atoms with van der Waals surface area (Å²) < 4.78 is 7.26. The number of benzene rings is 3. The number of ether oxygens (including phenoxy) is 1. The fraction of sp³-hybridized carbons (Fsp3) is 0.192. The Kier molecular flexibility index (Phi) is 7.55. The van der Waals surface area contributed by atoms with Crippen LogP contribution in [-0.2, 0) is 20.9 Å². The normalized spacial score (nSPS) is 10.9. The number of nitrogens with one attached hydrogen (secondary N) is 1. The number of carbonyl (C=O) groups is 2. The van der Waals surface area contributed by atoms with E-state index >= 15 is 0 Å². The van der Waals surface area contributed by atoms with Gasteiger partial charge in [0.25, 0.3) is 5.91 Å². The van der Waals surface area contributed by atoms with Gasteiger partial charge in [0.2, 0.25) is 0 Å². The van der Waals surface area contributed by atoms with Crippen LogP contribution in [0.2, 0.25) is 5.02 Å². The van der Waals surface area contributed by atoms with Crippen LogP contribution >= 0.6 is 23.4 Å². The summed E-state index contributed by atoms with van der Waals surface area (Å²) in [6.45, 7) is 4.24. The number of hydrogen-bond acceptors (Lipinski definition) is 5. The third-order valence-electron chi connectivity index (χ3n) is 5.29. The average molecular weight is 494 g/mol. The first-order valence-electron chi connectivity index (χ1n) is 10.7. The smallest absolute Gasteiger partial charge is 0.316 e. The Morgan fingerprint density at radius 2 is 1.82 bits per heavy atom. The van der Waals surface area contributed by atoms with Crippen LogP contribution < -0.4 is 5.32 Å². The number of thioether (sulfide) groups is 1. The quantitative estimate of drug-likeness (QED) is 0.254. The minimum Gasteiger partial charge on any atom is -0.455 e. The van der Waals surface area contributed by atoms with Crippen LogP contribution in [0.1, 0.15) is 16.7 Å². The number of aromatic nitrogens is 2. The molecule has 1 heterocycles. The van der Waals surface area contributed by atoms with Crippen molar-refractivity contribution in [2.24, 2.45) is 0 Å². The van der Waals surface area contributed by atoms with Gasteiger partial charge in [0.05, 0.1) is 34.0 Å². The summed E-state index contributed by atoms with van der Waals surface area (Å²) in [7, 11) is 0. The van der Waals surface area contributed by atoms with Gasteiger partial charge >= 0.3 is 5.97 Å². The molecule has 0 atom stereocenters. The summed E-state index contributed by atoms with van der Waals surface area (Å²) in [6, 6.07) is 21.4. The minimum atomic E-state index is -0.496. The number of nitrogens with zero attached hydrogens (tertiary/aromatic N) is 2. The number of rotatable bonds is 8. The van der Waals surface area contributed by atoms with Gasteiger partial charge in [-0.25, -0.2) is 4.98 Å². The number of para-hydroxylation sites is 2. The Morgan fingerprint density at radius 3 is 2.62 bits per heavy atom. The second-order valence-corrected chi connectivity index (χ2v) is 9.23. The first-order chi connectivity index (χ1) is 16.4. The fourth-order valence-electron chi connectivity index (χ4n) is 3.49. The van der Waals surface area contributed by atoms with Gasteiger partial charge in [0.15, 0.2) is 11.8 Å². The molecule has 0 fully saturated rings. The van der Waals surface area contributed by atoms with Crippen LogP contribution in [0.4, 0.5) is 5.69 Å². The summed E-state index contributed by atoms with van der Waals surface area (Å²) in [5.74, 6) is -0.907. The van der Waals surface area contributed by atoms with E-state index in [-0.39, 0.29) is 12.4 Å². The maximum Gasteiger partial charge on any atom is 0.316 e. The topological polar surface area (TPSA) is 73.2 Å². The molecule has 174 valence electrons. The van der Waals surface area contributed by atoms with E-state index in [0.29, 0.717) is 17.3 Å². The summed E-state index contributed by atoms with van der Waals surface area (Å²) in [4.78, 5) is 29.2. The SMILES string of the molecule is Cc1ccc(NC(=O)COC(=O)CSc2nc3ccccc3n2Cc2ccccc2C)c(Cl)c1. The molecule has 0 aliphatic carbocycles. The Labute approximate surface area is 207 Å². The monoisotopic (exact) mass is 493 g/mol. The molecular weight excluding hydrogens is 470 g/mol. The summed E-state index contributed by atoms with van der Waals surface area (Å²) in [6.07, 6.45) is 0. The number of halogens is 1. The van der Waals surface area contributed by atoms with Gasteiger partial charge in [-0.3, -0.25) is 9.59 Å². The molecule has 1 amide bonds. The highest BCUT2D eigenvalue weighted by molar-refractivity contribution is 7.99. The van der Waals surface area contributed by atoms with Crippen LogP contribution in [0.25, 0.3) is 11.0 Å². The predicted octanol–water partition coefficient (Wildman–Crippen LogP) is 5.63. The third kappa shape index (κ3) is 5.79. The van der Waals surface area contributed by atoms with Crippen molar-refractivity contribution in [1.29, 1.82) is 0 Å². The van der Waals surface area contributed by atoms with Gasteiger partial charge in [-0.05, 0) is 54.8 Å². The molecule has 0 saturated heterocycles. The predicted molar refractivity (Wildman–Crippen MR) is 137 cm³/mol. The zero-order valence-corrected chi connectivity index (χ0v) is 20.4. The maximum absolute atomic E-state index is 12.3. The molecule has 3 aromatic carbocycles. The first kappa shape index (κ1) is 23.9. The second-order valence-electron chi connectivity index (χ2n) is 7.88. The van der Waals surface area contributed by atoms with Crippen LogP contribution in [0.15, 0.2) is 71.9 Å². The lowest BCUT2D eigenvalue weighted by Crippen LogP contribution is -2.22. The van der Waals surface area contributed by atoms with E-state index in [0.717, 1.165) is 21.8 Å². The van der Waals surface area contributed by atoms with E-state index in [1.54, 1.807) is 12.1 Å². The molecule has 1 N–H and O–H groups in total. The number of fused-ring (bicyclic) bond motifs is 1. The zero-order valence-electron chi connectivity index (χ0n) is 18.9. The number of anilines is 1. The number of imidazole rings is 1. The highest BCUT2D eigenvalue weighted by atomic mass is 35.5. The molecule has 4 aromatic rings. The molecule has 0 unspecified atom stereocenters. The lowest BCUT2D eigenvalue weighted by Gasteiger charge is -2.11. The van der Waals surface area contributed by atoms with Crippen molar-refractivity contribution in [3.05, 3.63) is 88.4 Å². The molecular formula is C26H24ClN3O3S. The van der Waals surface area contributed by atoms with Crippen molar-refractivity contribution in [2.45, 2.75) is 25.5 Å². The standard InChI is InChI=1S/C26H24ClN3O3S/c1-17-11-12-21(20(27)13-17)28-24(31)15-33-25(32)16-34-26-29-22-9-5-6-10-23(22)30(26)14-19-8-4-3-7-18(19)2/h3-13H,14-16H2,1-2H3,(H,28,31). The Bertz CT molecular complexity index is 1350. The van der Waals surface area contributed by atoms with Gasteiger partial charge in [0.1, 0.15) is 0 Å². The highest BCUT2D eigenvalue weighted by Gasteiger charge is 2.16. The van der Waals surface area contributed by atoms with Gasteiger partial charge in [-0.15, -0.1) is 0 Å². The van der Waals surface area contributed by atoms with Crippen molar-refractivity contribution in [2.75, 3.05) is 17.7 Å². The van der Waals surface area contributed by atoms with Crippen LogP contribution in [0.3, 0.4) is 0 Å². The highest BCUT2D eigenvalue weighted by Crippen LogP contribution is 2.26. The zero-order chi connectivity index (χ0) is 24.1. The molecule has 34 heavy (non-hydrogen) atoms. The van der Waals surface area contributed by atoms with Crippen molar-refractivity contribution in [3.63, 3.8) is 0 Å². The van der Waals surface area contributed by atoms with Crippen molar-refractivity contribution in [1.82, 2.24) is 9.55 Å². The van der Waals surface area contributed by atoms with Crippen LogP contribution in [-0.4, -0.2) is 33.8 Å². The average Bonchev–Trinajstić information content (AvgIpc) is 3.17. The van der Waals surface area contributed by atoms with Crippen LogP contribution in [0, 0.1) is 13.8 Å². The molecule has 0 bridgehead atoms. The second kappa shape index (κ2) is 10.8. The molecule has 0 aliphatic heterocycles. The lowest BCUT2D eigenvalue weighted by molar-refractivity contribution is -0.144. The number of aryl methyl sites for hydroxylation is 2. The molecule has 0 spiro atoms. The minimum absolute atomic E-state index is 0.0374. The Hall–Kier alpha value is -3.29. The molecule has 6 nitrogen and oxygen atoms in total. The molecule has 8 heteroatoms. The fourth-order valence-corrected chi connectivity index (χ4v) is 4.59. The molecule has 4 rings (SSSR count). The Balaban J connectivity index is 1.38. The summed E-state index contributed by atoms with van der Waals surface area (Å²) in [5, 5.41) is 3.81. The molecule has 0 radical (unpaired) electrons. The number of esters is 1. The van der Waals surface area contributed by atoms with E-state index in [2.05, 4.69) is 28.9 Å². The number of amides is 1. The lowest BCUT2D eigenvalue weighted by atomic mass is 10.1. The first-order valence-corrected chi connectivity index (χ1v) is 12.1. The van der Waals surface area contributed by atoms with E-state index in [9.17, 15) is 9.59 Å². The largest absolute Gasteiger partial charge is 0.455 e. The molecule has 0 aliphatic rings. The third-order valence-corrected chi connectivity index (χ3v) is 6.55. The Morgan fingerprint density at radius 1 is 1.06 bits per heavy atom. The summed E-state index contributed by atoms with van der Waals surface area (Å²) in [5.41, 5.74) is 5.70. The van der Waals surface area contributed by atoms with Crippen molar-refractivity contribution in [3.8, 4) is 0 Å². The van der Waals surface area contributed by atoms with E-state index in [1.807, 2.05) is 49.4 Å². The van der Waals surface area contributed by atoms with Crippen LogP contribution in [0.5, 0.6) is 0 Å². The van der Waals surface area contributed by atoms with Gasteiger partial charge in [0, 0.05) is 0 Å². The molecule has 0 saturated carbocycles. The maximum atomic E-state index is 12.3. The van der Waals surface area contributed by atoms with Crippen molar-refractivity contribution < 1.29 is 14.3 Å². The van der Waals surface area contributed by atoms with Crippen molar-refractivity contribution >= 4 is 52.0 Å². The number of hydrogen-bond donors (Lipinski definition) is 1. The van der Waals surface area contributed by atoms with E-state index in [1.165, 1.54) is 22.9 Å². The van der Waals surface area contributed by atoms with E-state index < -0.39 is 11.9 Å². The van der Waals surface area contributed by atoms with Gasteiger partial charge < -0.3 is 14.6 Å². The van der Waals surface area contributed by atoms with E-state index in [4.69, 9.17) is 21.3 Å².